The Labute approximate surface area is 115 Å². The van der Waals surface area contributed by atoms with Gasteiger partial charge in [-0.15, -0.1) is 0 Å². The molecule has 0 bridgehead atoms. The number of carbonyl (C=O) groups excluding carboxylic acids is 2. The molecule has 1 aliphatic rings. The molecule has 2 amide bonds. The third-order valence-electron chi connectivity index (χ3n) is 2.99. The van der Waals surface area contributed by atoms with Gasteiger partial charge in [0.1, 0.15) is 0 Å². The lowest BCUT2D eigenvalue weighted by Crippen LogP contribution is -2.55. The Bertz CT molecular complexity index is 487. The maximum atomic E-state index is 12.0. The van der Waals surface area contributed by atoms with Crippen LogP contribution in [0.2, 0.25) is 0 Å². The van der Waals surface area contributed by atoms with Crippen molar-refractivity contribution in [2.24, 2.45) is 5.84 Å². The van der Waals surface area contributed by atoms with E-state index >= 15 is 0 Å². The highest BCUT2D eigenvalue weighted by molar-refractivity contribution is 7.15. The number of nitrogen functional groups attached to an aromatic ring is 1. The Morgan fingerprint density at radius 3 is 2.74 bits per heavy atom. The fourth-order valence-electron chi connectivity index (χ4n) is 1.97. The molecule has 2 rings (SSSR count). The van der Waals surface area contributed by atoms with Gasteiger partial charge < -0.3 is 9.80 Å². The highest BCUT2D eigenvalue weighted by Gasteiger charge is 2.33. The Morgan fingerprint density at radius 2 is 2.16 bits per heavy atom. The van der Waals surface area contributed by atoms with Crippen LogP contribution in [0, 0.1) is 0 Å². The molecule has 0 atom stereocenters. The summed E-state index contributed by atoms with van der Waals surface area (Å²) < 4.78 is 0. The minimum Gasteiger partial charge on any atom is -0.330 e. The number of rotatable bonds is 4. The number of hydrogen-bond donors (Lipinski definition) is 2. The predicted molar refractivity (Wildman–Crippen MR) is 72.2 cm³/mol. The molecule has 1 aromatic heterocycles. The second kappa shape index (κ2) is 5.54. The van der Waals surface area contributed by atoms with Crippen LogP contribution in [0.25, 0.3) is 0 Å². The van der Waals surface area contributed by atoms with Crippen LogP contribution in [-0.2, 0) is 16.1 Å². The van der Waals surface area contributed by atoms with Crippen LogP contribution in [0.1, 0.15) is 18.7 Å². The topological polar surface area (TPSA) is 91.6 Å². The molecule has 2 heterocycles. The van der Waals surface area contributed by atoms with E-state index in [-0.39, 0.29) is 6.04 Å². The Balaban J connectivity index is 2.03. The SMILES string of the molecule is CC(C)N1CCN(Cc2cnc(NN)s2)C(=O)C1=O. The number of hydrogen-bond acceptors (Lipinski definition) is 6. The quantitative estimate of drug-likeness (QED) is 0.461. The average molecular weight is 283 g/mol. The molecule has 3 N–H and O–H groups in total. The summed E-state index contributed by atoms with van der Waals surface area (Å²) in [6.07, 6.45) is 1.66. The molecule has 0 spiro atoms. The van der Waals surface area contributed by atoms with Gasteiger partial charge in [0.2, 0.25) is 0 Å². The number of thiazole rings is 1. The van der Waals surface area contributed by atoms with Crippen LogP contribution in [0.5, 0.6) is 0 Å². The molecule has 7 nitrogen and oxygen atoms in total. The zero-order chi connectivity index (χ0) is 14.0. The van der Waals surface area contributed by atoms with E-state index in [0.29, 0.717) is 24.8 Å². The predicted octanol–water partition coefficient (Wildman–Crippen LogP) is 0.00790. The second-order valence-corrected chi connectivity index (χ2v) is 5.71. The number of amides is 2. The van der Waals surface area contributed by atoms with Gasteiger partial charge in [0.25, 0.3) is 0 Å². The van der Waals surface area contributed by atoms with Crippen LogP contribution in [0.15, 0.2) is 6.20 Å². The first kappa shape index (κ1) is 13.8. The second-order valence-electron chi connectivity index (χ2n) is 4.60. The summed E-state index contributed by atoms with van der Waals surface area (Å²) >= 11 is 1.37. The van der Waals surface area contributed by atoms with Gasteiger partial charge in [-0.1, -0.05) is 11.3 Å². The van der Waals surface area contributed by atoms with Crippen molar-refractivity contribution < 1.29 is 9.59 Å². The summed E-state index contributed by atoms with van der Waals surface area (Å²) in [5.41, 5.74) is 2.46. The molecule has 0 aliphatic carbocycles. The maximum Gasteiger partial charge on any atom is 0.312 e. The molecule has 0 saturated carbocycles. The normalized spacial score (nSPS) is 16.4. The lowest BCUT2D eigenvalue weighted by molar-refractivity contribution is -0.157. The first-order valence-corrected chi connectivity index (χ1v) is 6.85. The van der Waals surface area contributed by atoms with Gasteiger partial charge in [-0.05, 0) is 13.8 Å². The minimum atomic E-state index is -0.449. The number of nitrogens with one attached hydrogen (secondary N) is 1. The summed E-state index contributed by atoms with van der Waals surface area (Å²) in [5, 5.41) is 0.592. The average Bonchev–Trinajstić information content (AvgIpc) is 2.82. The van der Waals surface area contributed by atoms with Crippen molar-refractivity contribution in [2.45, 2.75) is 26.4 Å². The zero-order valence-corrected chi connectivity index (χ0v) is 11.7. The third-order valence-corrected chi connectivity index (χ3v) is 3.90. The first-order valence-electron chi connectivity index (χ1n) is 6.04. The summed E-state index contributed by atoms with van der Waals surface area (Å²) in [7, 11) is 0. The molecule has 19 heavy (non-hydrogen) atoms. The summed E-state index contributed by atoms with van der Waals surface area (Å²) in [6, 6.07) is 0.0510. The van der Waals surface area contributed by atoms with E-state index in [1.165, 1.54) is 11.3 Å². The van der Waals surface area contributed by atoms with Crippen molar-refractivity contribution in [2.75, 3.05) is 18.5 Å². The van der Waals surface area contributed by atoms with Gasteiger partial charge in [0, 0.05) is 30.2 Å². The molecule has 8 heteroatoms. The Morgan fingerprint density at radius 1 is 1.42 bits per heavy atom. The molecular weight excluding hydrogens is 266 g/mol. The van der Waals surface area contributed by atoms with Crippen molar-refractivity contribution in [3.63, 3.8) is 0 Å². The fraction of sp³-hybridized carbons (Fsp3) is 0.545. The van der Waals surface area contributed by atoms with E-state index in [1.54, 1.807) is 16.0 Å². The van der Waals surface area contributed by atoms with Crippen molar-refractivity contribution in [3.8, 4) is 0 Å². The number of anilines is 1. The largest absolute Gasteiger partial charge is 0.330 e. The monoisotopic (exact) mass is 283 g/mol. The number of nitrogens with two attached hydrogens (primary N) is 1. The van der Waals surface area contributed by atoms with Crippen LogP contribution < -0.4 is 11.3 Å². The standard InChI is InChI=1S/C11H17N5O2S/c1-7(2)16-4-3-15(9(17)10(16)18)6-8-5-13-11(14-12)19-8/h5,7H,3-4,6,12H2,1-2H3,(H,13,14). The molecule has 1 fully saturated rings. The number of aromatic nitrogens is 1. The number of nitrogens with zero attached hydrogens (tertiary/aromatic N) is 3. The van der Waals surface area contributed by atoms with Crippen LogP contribution in [0.3, 0.4) is 0 Å². The smallest absolute Gasteiger partial charge is 0.312 e. The van der Waals surface area contributed by atoms with Crippen molar-refractivity contribution in [3.05, 3.63) is 11.1 Å². The zero-order valence-electron chi connectivity index (χ0n) is 10.9. The minimum absolute atomic E-state index is 0.0510. The molecule has 104 valence electrons. The van der Waals surface area contributed by atoms with Gasteiger partial charge in [-0.3, -0.25) is 15.0 Å². The van der Waals surface area contributed by atoms with Crippen LogP contribution in [-0.4, -0.2) is 45.7 Å². The van der Waals surface area contributed by atoms with E-state index in [0.717, 1.165) is 4.88 Å². The Kier molecular flexibility index (Phi) is 4.01. The van der Waals surface area contributed by atoms with Gasteiger partial charge in [0.15, 0.2) is 5.13 Å². The molecule has 1 aliphatic heterocycles. The molecule has 1 aromatic rings. The lowest BCUT2D eigenvalue weighted by atomic mass is 10.2. The van der Waals surface area contributed by atoms with Crippen molar-refractivity contribution >= 4 is 28.3 Å². The third kappa shape index (κ3) is 2.85. The van der Waals surface area contributed by atoms with E-state index in [4.69, 9.17) is 5.84 Å². The molecule has 0 aromatic carbocycles. The lowest BCUT2D eigenvalue weighted by Gasteiger charge is -2.35. The molecule has 0 radical (unpaired) electrons. The van der Waals surface area contributed by atoms with Crippen LogP contribution in [0.4, 0.5) is 5.13 Å². The number of carbonyl (C=O) groups is 2. The fourth-order valence-corrected chi connectivity index (χ4v) is 2.71. The maximum absolute atomic E-state index is 12.0. The molecular formula is C11H17N5O2S. The van der Waals surface area contributed by atoms with E-state index < -0.39 is 11.8 Å². The van der Waals surface area contributed by atoms with Gasteiger partial charge in [-0.25, -0.2) is 10.8 Å². The van der Waals surface area contributed by atoms with E-state index in [2.05, 4.69) is 10.4 Å². The van der Waals surface area contributed by atoms with Crippen molar-refractivity contribution in [1.29, 1.82) is 0 Å². The molecule has 0 unspecified atom stereocenters. The van der Waals surface area contributed by atoms with Crippen molar-refractivity contribution in [1.82, 2.24) is 14.8 Å². The van der Waals surface area contributed by atoms with E-state index in [1.807, 2.05) is 13.8 Å². The number of piperazine rings is 1. The van der Waals surface area contributed by atoms with Gasteiger partial charge in [0.05, 0.1) is 6.54 Å². The summed E-state index contributed by atoms with van der Waals surface area (Å²) in [5.74, 6) is 4.38. The first-order chi connectivity index (χ1) is 9.02. The Hall–Kier alpha value is -1.67. The summed E-state index contributed by atoms with van der Waals surface area (Å²) in [6.45, 7) is 5.33. The highest BCUT2D eigenvalue weighted by Crippen LogP contribution is 2.20. The van der Waals surface area contributed by atoms with E-state index in [9.17, 15) is 9.59 Å². The van der Waals surface area contributed by atoms with Crippen LogP contribution >= 0.6 is 11.3 Å². The van der Waals surface area contributed by atoms with Gasteiger partial charge >= 0.3 is 11.8 Å². The number of hydrazine groups is 1. The summed E-state index contributed by atoms with van der Waals surface area (Å²) in [4.78, 5) is 32.0. The highest BCUT2D eigenvalue weighted by atomic mass is 32.1. The van der Waals surface area contributed by atoms with Gasteiger partial charge in [-0.2, -0.15) is 0 Å². The molecule has 1 saturated heterocycles.